The van der Waals surface area contributed by atoms with Crippen LogP contribution in [-0.4, -0.2) is 65.6 Å². The summed E-state index contributed by atoms with van der Waals surface area (Å²) in [6, 6.07) is 12.6. The molecule has 0 spiro atoms. The number of phenolic OH excluding ortho intramolecular Hbond substituents is 1. The van der Waals surface area contributed by atoms with Crippen LogP contribution >= 0.6 is 0 Å². The van der Waals surface area contributed by atoms with Crippen molar-refractivity contribution in [1.29, 1.82) is 0 Å². The summed E-state index contributed by atoms with van der Waals surface area (Å²) in [5, 5.41) is 33.6. The van der Waals surface area contributed by atoms with Gasteiger partial charge in [-0.1, -0.05) is 18.2 Å². The van der Waals surface area contributed by atoms with E-state index in [1.165, 1.54) is 12.1 Å². The van der Waals surface area contributed by atoms with E-state index in [-0.39, 0.29) is 23.4 Å². The SMILES string of the molecule is CS(=O)(=O)Nc1cc(C(O)CNC2CCN(c3ccc(Cc4[nH]c(=O)[nH]c4O)cc3)CC2)ccc1O. The number of anilines is 2. The molecule has 11 nitrogen and oxygen atoms in total. The molecule has 1 aromatic heterocycles. The zero-order valence-electron chi connectivity index (χ0n) is 19.9. The number of aliphatic hydroxyl groups is 1. The quantitative estimate of drug-likeness (QED) is 0.209. The van der Waals surface area contributed by atoms with Crippen LogP contribution in [0.25, 0.3) is 0 Å². The van der Waals surface area contributed by atoms with Crippen LogP contribution < -0.4 is 20.6 Å². The normalized spacial score (nSPS) is 15.7. The van der Waals surface area contributed by atoms with Crippen molar-refractivity contribution in [3.05, 3.63) is 69.8 Å². The number of aromatic amines is 2. The predicted molar refractivity (Wildman–Crippen MR) is 137 cm³/mol. The molecule has 3 aromatic rings. The number of imidazole rings is 1. The van der Waals surface area contributed by atoms with Crippen LogP contribution in [0.3, 0.4) is 0 Å². The molecule has 194 valence electrons. The van der Waals surface area contributed by atoms with Crippen molar-refractivity contribution < 1.29 is 23.7 Å². The van der Waals surface area contributed by atoms with Gasteiger partial charge in [-0.3, -0.25) is 9.71 Å². The highest BCUT2D eigenvalue weighted by molar-refractivity contribution is 7.92. The van der Waals surface area contributed by atoms with Crippen LogP contribution in [0.2, 0.25) is 0 Å². The number of aromatic hydroxyl groups is 2. The van der Waals surface area contributed by atoms with Crippen LogP contribution in [0.15, 0.2) is 47.3 Å². The van der Waals surface area contributed by atoms with Crippen molar-refractivity contribution in [2.45, 2.75) is 31.4 Å². The Hall–Kier alpha value is -3.48. The van der Waals surface area contributed by atoms with E-state index in [2.05, 4.69) is 24.9 Å². The third-order valence-electron chi connectivity index (χ3n) is 6.26. The second kappa shape index (κ2) is 10.6. The van der Waals surface area contributed by atoms with Crippen LogP contribution in [0.1, 0.15) is 35.8 Å². The molecule has 0 radical (unpaired) electrons. The summed E-state index contributed by atoms with van der Waals surface area (Å²) >= 11 is 0. The Bertz CT molecular complexity index is 1340. The zero-order chi connectivity index (χ0) is 25.9. The summed E-state index contributed by atoms with van der Waals surface area (Å²) in [6.07, 6.45) is 2.35. The van der Waals surface area contributed by atoms with Crippen molar-refractivity contribution >= 4 is 21.4 Å². The minimum absolute atomic E-state index is 0.0339. The summed E-state index contributed by atoms with van der Waals surface area (Å²) in [5.41, 5.74) is 2.63. The van der Waals surface area contributed by atoms with E-state index in [1.54, 1.807) is 6.07 Å². The molecular formula is C24H31N5O6S. The van der Waals surface area contributed by atoms with Crippen molar-refractivity contribution in [2.24, 2.45) is 0 Å². The standard InChI is InChI=1S/C24H31N5O6S/c1-36(34,35)28-19-13-16(4-7-21(19)30)22(31)14-25-17-8-10-29(11-9-17)18-5-2-15(3-6-18)12-20-23(32)27-24(33)26-20/h2-7,13,17,22,25,28,30-32H,8-12,14H2,1H3,(H2,26,27,33). The number of piperidine rings is 1. The number of benzene rings is 2. The first-order chi connectivity index (χ1) is 17.1. The summed E-state index contributed by atoms with van der Waals surface area (Å²) in [6.45, 7) is 2.00. The van der Waals surface area contributed by atoms with E-state index >= 15 is 0 Å². The average Bonchev–Trinajstić information content (AvgIpc) is 3.15. The summed E-state index contributed by atoms with van der Waals surface area (Å²) < 4.78 is 25.2. The van der Waals surface area contributed by atoms with Gasteiger partial charge in [0, 0.05) is 37.8 Å². The first kappa shape index (κ1) is 25.6. The molecule has 0 aliphatic carbocycles. The highest BCUT2D eigenvalue weighted by atomic mass is 32.2. The highest BCUT2D eigenvalue weighted by Gasteiger charge is 2.21. The van der Waals surface area contributed by atoms with Gasteiger partial charge in [-0.25, -0.2) is 13.2 Å². The molecule has 2 aromatic carbocycles. The van der Waals surface area contributed by atoms with Gasteiger partial charge < -0.3 is 30.5 Å². The topological polar surface area (TPSA) is 171 Å². The van der Waals surface area contributed by atoms with Crippen LogP contribution in [0.5, 0.6) is 11.6 Å². The van der Waals surface area contributed by atoms with Gasteiger partial charge in [0.2, 0.25) is 15.9 Å². The number of nitrogens with zero attached hydrogens (tertiary/aromatic N) is 1. The molecule has 0 amide bonds. The van der Waals surface area contributed by atoms with E-state index in [0.29, 0.717) is 24.2 Å². The lowest BCUT2D eigenvalue weighted by molar-refractivity contribution is 0.167. The Morgan fingerprint density at radius 3 is 2.39 bits per heavy atom. The van der Waals surface area contributed by atoms with Gasteiger partial charge in [-0.15, -0.1) is 0 Å². The number of hydrogen-bond acceptors (Lipinski definition) is 8. The Kier molecular flexibility index (Phi) is 7.57. The first-order valence-corrected chi connectivity index (χ1v) is 13.5. The van der Waals surface area contributed by atoms with Crippen molar-refractivity contribution in [2.75, 3.05) is 35.5 Å². The maximum atomic E-state index is 11.5. The van der Waals surface area contributed by atoms with Crippen LogP contribution in [-0.2, 0) is 16.4 Å². The summed E-state index contributed by atoms with van der Waals surface area (Å²) in [4.78, 5) is 18.5. The average molecular weight is 518 g/mol. The zero-order valence-corrected chi connectivity index (χ0v) is 20.7. The van der Waals surface area contributed by atoms with Gasteiger partial charge in [-0.2, -0.15) is 0 Å². The molecule has 2 heterocycles. The summed E-state index contributed by atoms with van der Waals surface area (Å²) in [7, 11) is -3.55. The number of rotatable bonds is 9. The van der Waals surface area contributed by atoms with Gasteiger partial charge in [-0.05, 0) is 48.2 Å². The largest absolute Gasteiger partial charge is 0.506 e. The highest BCUT2D eigenvalue weighted by Crippen LogP contribution is 2.28. The van der Waals surface area contributed by atoms with Crippen molar-refractivity contribution in [3.8, 4) is 11.6 Å². The molecule has 1 fully saturated rings. The lowest BCUT2D eigenvalue weighted by atomic mass is 10.0. The number of phenols is 1. The number of sulfonamides is 1. The van der Waals surface area contributed by atoms with Gasteiger partial charge in [0.1, 0.15) is 5.75 Å². The third kappa shape index (κ3) is 6.59. The fourth-order valence-corrected chi connectivity index (χ4v) is 4.91. The van der Waals surface area contributed by atoms with Crippen LogP contribution in [0, 0.1) is 0 Å². The monoisotopic (exact) mass is 517 g/mol. The molecular weight excluding hydrogens is 486 g/mol. The van der Waals surface area contributed by atoms with Crippen LogP contribution in [0.4, 0.5) is 11.4 Å². The fraction of sp³-hybridized carbons (Fsp3) is 0.375. The molecule has 1 atom stereocenters. The molecule has 1 unspecified atom stereocenters. The number of aliphatic hydroxyl groups excluding tert-OH is 1. The van der Waals surface area contributed by atoms with E-state index in [1.807, 2.05) is 24.3 Å². The molecule has 1 aliphatic rings. The number of H-pyrrole nitrogens is 2. The van der Waals surface area contributed by atoms with Crippen molar-refractivity contribution in [3.63, 3.8) is 0 Å². The lowest BCUT2D eigenvalue weighted by Crippen LogP contribution is -2.43. The lowest BCUT2D eigenvalue weighted by Gasteiger charge is -2.34. The maximum Gasteiger partial charge on any atom is 0.325 e. The van der Waals surface area contributed by atoms with Gasteiger partial charge in [0.05, 0.1) is 23.7 Å². The molecule has 1 saturated heterocycles. The minimum atomic E-state index is -3.55. The molecule has 4 rings (SSSR count). The van der Waals surface area contributed by atoms with Gasteiger partial charge in [0.15, 0.2) is 0 Å². The van der Waals surface area contributed by atoms with Gasteiger partial charge >= 0.3 is 5.69 Å². The smallest absolute Gasteiger partial charge is 0.325 e. The van der Waals surface area contributed by atoms with E-state index in [0.717, 1.165) is 43.4 Å². The number of hydrogen-bond donors (Lipinski definition) is 7. The molecule has 0 bridgehead atoms. The van der Waals surface area contributed by atoms with Gasteiger partial charge in [0.25, 0.3) is 0 Å². The molecule has 36 heavy (non-hydrogen) atoms. The molecule has 12 heteroatoms. The minimum Gasteiger partial charge on any atom is -0.506 e. The molecule has 7 N–H and O–H groups in total. The fourth-order valence-electron chi connectivity index (χ4n) is 4.35. The Morgan fingerprint density at radius 1 is 1.08 bits per heavy atom. The van der Waals surface area contributed by atoms with E-state index in [9.17, 15) is 28.5 Å². The van der Waals surface area contributed by atoms with E-state index < -0.39 is 21.8 Å². The summed E-state index contributed by atoms with van der Waals surface area (Å²) in [5.74, 6) is -0.345. The van der Waals surface area contributed by atoms with Crippen molar-refractivity contribution in [1.82, 2.24) is 15.3 Å². The molecule has 1 aliphatic heterocycles. The second-order valence-corrected chi connectivity index (χ2v) is 10.8. The Balaban J connectivity index is 1.26. The maximum absolute atomic E-state index is 11.5. The number of nitrogens with one attached hydrogen (secondary N) is 4. The Morgan fingerprint density at radius 2 is 1.78 bits per heavy atom. The second-order valence-electron chi connectivity index (χ2n) is 9.09. The number of aromatic nitrogens is 2. The Labute approximate surface area is 208 Å². The predicted octanol–water partition coefficient (Wildman–Crippen LogP) is 1.37. The third-order valence-corrected chi connectivity index (χ3v) is 6.85. The van der Waals surface area contributed by atoms with E-state index in [4.69, 9.17) is 0 Å². The molecule has 0 saturated carbocycles. The first-order valence-electron chi connectivity index (χ1n) is 11.6.